The van der Waals surface area contributed by atoms with Crippen molar-refractivity contribution in [3.8, 4) is 0 Å². The van der Waals surface area contributed by atoms with Gasteiger partial charge in [0.15, 0.2) is 6.29 Å². The Kier molecular flexibility index (Phi) is 21.0. The molecule has 0 spiro atoms. The molecule has 5 aliphatic rings. The SMILES string of the molecule is CCC1OC(C)C(COCC2OC(COC3OC(C)C(COCC4OC(C)C(COC)C(C)C4C)C(C)C3C)C(COCC3OC(C)C(COC)C(C)C3C)C(C)C2C)C(C)C1C. The van der Waals surface area contributed by atoms with Gasteiger partial charge in [-0.05, 0) is 87.4 Å². The molecule has 5 aliphatic heterocycles. The van der Waals surface area contributed by atoms with Gasteiger partial charge in [-0.3, -0.25) is 0 Å². The maximum absolute atomic E-state index is 7.07. The Balaban J connectivity index is 1.19. The van der Waals surface area contributed by atoms with E-state index in [1.54, 1.807) is 14.2 Å². The van der Waals surface area contributed by atoms with Gasteiger partial charge in [-0.2, -0.15) is 0 Å². The molecule has 5 rings (SSSR count). The minimum Gasteiger partial charge on any atom is -0.384 e. The van der Waals surface area contributed by atoms with Gasteiger partial charge in [-0.25, -0.2) is 0 Å². The zero-order chi connectivity index (χ0) is 46.3. The lowest BCUT2D eigenvalue weighted by atomic mass is 9.75. The van der Waals surface area contributed by atoms with Gasteiger partial charge in [0.2, 0.25) is 0 Å². The van der Waals surface area contributed by atoms with Gasteiger partial charge in [0.1, 0.15) is 0 Å². The Hall–Kier alpha value is -0.440. The summed E-state index contributed by atoms with van der Waals surface area (Å²) >= 11 is 0. The van der Waals surface area contributed by atoms with E-state index in [1.807, 2.05) is 0 Å². The van der Waals surface area contributed by atoms with Gasteiger partial charge in [0.05, 0.1) is 114 Å². The molecule has 0 saturated carbocycles. The minimum absolute atomic E-state index is 0.0176. The Bertz CT molecular complexity index is 1310. The molecule has 0 radical (unpaired) electrons. The second kappa shape index (κ2) is 24.7. The Morgan fingerprint density at radius 1 is 0.302 bits per heavy atom. The highest BCUT2D eigenvalue weighted by molar-refractivity contribution is 4.92. The van der Waals surface area contributed by atoms with Gasteiger partial charge in [-0.15, -0.1) is 0 Å². The van der Waals surface area contributed by atoms with Crippen LogP contribution in [0.25, 0.3) is 0 Å². The van der Waals surface area contributed by atoms with E-state index in [1.165, 1.54) is 0 Å². The van der Waals surface area contributed by atoms with E-state index in [-0.39, 0.29) is 78.8 Å². The number of hydrogen-bond donors (Lipinski definition) is 0. The molecule has 5 saturated heterocycles. The third kappa shape index (κ3) is 12.8. The molecule has 0 bridgehead atoms. The number of methoxy groups -OCH3 is 2. The van der Waals surface area contributed by atoms with Crippen LogP contribution in [0.4, 0.5) is 0 Å². The van der Waals surface area contributed by atoms with Crippen LogP contribution in [0.5, 0.6) is 0 Å². The lowest BCUT2D eigenvalue weighted by Gasteiger charge is -2.47. The first kappa shape index (κ1) is 53.5. The Labute approximate surface area is 385 Å². The third-order valence-electron chi connectivity index (χ3n) is 18.4. The second-order valence-corrected chi connectivity index (χ2v) is 21.7. The molecule has 0 aromatic rings. The summed E-state index contributed by atoms with van der Waals surface area (Å²) in [5, 5.41) is 0. The van der Waals surface area contributed by atoms with Crippen molar-refractivity contribution in [1.29, 1.82) is 0 Å². The van der Waals surface area contributed by atoms with E-state index >= 15 is 0 Å². The Morgan fingerprint density at radius 2 is 0.635 bits per heavy atom. The van der Waals surface area contributed by atoms with Gasteiger partial charge in [0.25, 0.3) is 0 Å². The van der Waals surface area contributed by atoms with Gasteiger partial charge in [-0.1, -0.05) is 76.2 Å². The molecule has 0 amide bonds. The van der Waals surface area contributed by atoms with Crippen LogP contribution in [0.3, 0.4) is 0 Å². The van der Waals surface area contributed by atoms with Crippen molar-refractivity contribution in [1.82, 2.24) is 0 Å². The topological polar surface area (TPSA) is 102 Å². The molecule has 25 unspecified atom stereocenters. The summed E-state index contributed by atoms with van der Waals surface area (Å²) in [4.78, 5) is 0. The van der Waals surface area contributed by atoms with Gasteiger partial charge >= 0.3 is 0 Å². The first-order valence-corrected chi connectivity index (χ1v) is 25.5. The van der Waals surface area contributed by atoms with Crippen molar-refractivity contribution in [2.75, 3.05) is 73.7 Å². The molecule has 0 aromatic carbocycles. The van der Waals surface area contributed by atoms with Crippen LogP contribution in [-0.4, -0.2) is 135 Å². The first-order valence-electron chi connectivity index (χ1n) is 25.5. The summed E-state index contributed by atoms with van der Waals surface area (Å²) in [7, 11) is 3.56. The molecule has 5 fully saturated rings. The highest BCUT2D eigenvalue weighted by atomic mass is 16.7. The third-order valence-corrected chi connectivity index (χ3v) is 18.4. The van der Waals surface area contributed by atoms with E-state index in [2.05, 4.69) is 104 Å². The molecule has 0 aromatic heterocycles. The molecule has 0 aliphatic carbocycles. The Morgan fingerprint density at radius 3 is 1.06 bits per heavy atom. The fraction of sp³-hybridized carbons (Fsp3) is 1.00. The first-order chi connectivity index (χ1) is 29.9. The molecule has 11 nitrogen and oxygen atoms in total. The van der Waals surface area contributed by atoms with E-state index < -0.39 is 0 Å². The van der Waals surface area contributed by atoms with Crippen LogP contribution in [0.2, 0.25) is 0 Å². The van der Waals surface area contributed by atoms with Gasteiger partial charge in [0, 0.05) is 49.7 Å². The lowest BCUT2D eigenvalue weighted by molar-refractivity contribution is -0.273. The number of hydrogen-bond acceptors (Lipinski definition) is 11. The summed E-state index contributed by atoms with van der Waals surface area (Å²) in [6.45, 7) is 39.6. The van der Waals surface area contributed by atoms with Crippen molar-refractivity contribution < 1.29 is 52.1 Å². The van der Waals surface area contributed by atoms with E-state index in [0.29, 0.717) is 124 Å². The van der Waals surface area contributed by atoms with Crippen LogP contribution in [0, 0.1) is 88.8 Å². The summed E-state index contributed by atoms with van der Waals surface area (Å²) in [6, 6.07) is 0. The minimum atomic E-state index is -0.343. The van der Waals surface area contributed by atoms with E-state index in [0.717, 1.165) is 13.0 Å². The summed E-state index contributed by atoms with van der Waals surface area (Å²) < 4.78 is 70.9. The normalized spacial score (nSPS) is 48.6. The van der Waals surface area contributed by atoms with Crippen LogP contribution >= 0.6 is 0 Å². The fourth-order valence-electron chi connectivity index (χ4n) is 12.3. The fourth-order valence-corrected chi connectivity index (χ4v) is 12.3. The standard InChI is InChI=1S/C52H96O11/c1-18-47-33(7)28(2)44(40(14)59-47)21-56-26-50-36(10)31(5)46(23-57-25-49-35(9)30(4)43(20-54-17)39(13)61-49)51(63-50)27-58-52-37(11)32(6)45(41(15)62-52)22-55-24-48-34(8)29(3)42(19-53-16)38(12)60-48/h28-52H,18-27H2,1-17H3. The quantitative estimate of drug-likeness (QED) is 0.117. The van der Waals surface area contributed by atoms with E-state index in [9.17, 15) is 0 Å². The average Bonchev–Trinajstić information content (AvgIpc) is 3.25. The predicted octanol–water partition coefficient (Wildman–Crippen LogP) is 9.07. The van der Waals surface area contributed by atoms with Crippen molar-refractivity contribution in [3.05, 3.63) is 0 Å². The van der Waals surface area contributed by atoms with E-state index in [4.69, 9.17) is 52.1 Å². The monoisotopic (exact) mass is 897 g/mol. The number of rotatable bonds is 20. The predicted molar refractivity (Wildman–Crippen MR) is 248 cm³/mol. The summed E-state index contributed by atoms with van der Waals surface area (Å²) in [5.74, 6) is 5.42. The van der Waals surface area contributed by atoms with Crippen LogP contribution in [-0.2, 0) is 52.1 Å². The average molecular weight is 897 g/mol. The molecular weight excluding hydrogens is 801 g/mol. The van der Waals surface area contributed by atoms with Crippen molar-refractivity contribution >= 4 is 0 Å². The molecule has 63 heavy (non-hydrogen) atoms. The number of ether oxygens (including phenoxy) is 11. The lowest BCUT2D eigenvalue weighted by Crippen LogP contribution is -2.53. The maximum atomic E-state index is 7.07. The zero-order valence-electron chi connectivity index (χ0n) is 43.0. The van der Waals surface area contributed by atoms with Crippen LogP contribution < -0.4 is 0 Å². The summed E-state index contributed by atoms with van der Waals surface area (Å²) in [5.41, 5.74) is 0. The maximum Gasteiger partial charge on any atom is 0.160 e. The molecule has 0 N–H and O–H groups in total. The molecule has 370 valence electrons. The summed E-state index contributed by atoms with van der Waals surface area (Å²) in [6.07, 6.45) is 1.32. The highest BCUT2D eigenvalue weighted by Gasteiger charge is 2.47. The molecule has 11 heteroatoms. The highest BCUT2D eigenvalue weighted by Crippen LogP contribution is 2.42. The zero-order valence-corrected chi connectivity index (χ0v) is 43.0. The largest absolute Gasteiger partial charge is 0.384 e. The van der Waals surface area contributed by atoms with Crippen molar-refractivity contribution in [2.24, 2.45) is 88.8 Å². The smallest absolute Gasteiger partial charge is 0.160 e. The van der Waals surface area contributed by atoms with Crippen LogP contribution in [0.15, 0.2) is 0 Å². The van der Waals surface area contributed by atoms with Crippen molar-refractivity contribution in [3.63, 3.8) is 0 Å². The molecule has 25 atom stereocenters. The van der Waals surface area contributed by atoms with Crippen LogP contribution in [0.1, 0.15) is 110 Å². The van der Waals surface area contributed by atoms with Gasteiger partial charge < -0.3 is 52.1 Å². The molecule has 5 heterocycles. The second-order valence-electron chi connectivity index (χ2n) is 21.7. The molecular formula is C52H96O11. The van der Waals surface area contributed by atoms with Crippen molar-refractivity contribution in [2.45, 2.75) is 172 Å².